The fourth-order valence-corrected chi connectivity index (χ4v) is 4.27. The smallest absolute Gasteiger partial charge is 0.269 e. The number of carbonyl (C=O) groups is 1. The monoisotopic (exact) mass is 451 g/mol. The number of fused-ring (bicyclic) bond motifs is 1. The standard InChI is InChI=1S/C25H26ClN3O3/c26-19-6-3-4-17(13-19)12-18-5-1-2-7-22-23(18)28-29-24(22)25(32)27-20(15-30)14-16-8-10-21(31)11-9-16/h3-4,6,8-13,20,30-31H,1-2,5,7,14-15H2,(H,27,32)(H,28,29)/t20-/m0/s1. The van der Waals surface area contributed by atoms with Gasteiger partial charge in [-0.3, -0.25) is 9.89 Å². The zero-order valence-electron chi connectivity index (χ0n) is 17.6. The van der Waals surface area contributed by atoms with E-state index in [4.69, 9.17) is 11.6 Å². The van der Waals surface area contributed by atoms with Crippen molar-refractivity contribution in [2.45, 2.75) is 38.1 Å². The summed E-state index contributed by atoms with van der Waals surface area (Å²) in [6.45, 7) is -0.192. The molecule has 6 nitrogen and oxygen atoms in total. The average molecular weight is 452 g/mol. The number of aromatic nitrogens is 2. The van der Waals surface area contributed by atoms with Crippen LogP contribution in [0, 0.1) is 0 Å². The summed E-state index contributed by atoms with van der Waals surface area (Å²) in [7, 11) is 0. The number of carbonyl (C=O) groups excluding carboxylic acids is 1. The molecule has 0 fully saturated rings. The maximum absolute atomic E-state index is 13.0. The summed E-state index contributed by atoms with van der Waals surface area (Å²) in [6, 6.07) is 14.0. The number of aromatic amines is 1. The summed E-state index contributed by atoms with van der Waals surface area (Å²) in [4.78, 5) is 13.0. The first kappa shape index (κ1) is 22.1. The highest BCUT2D eigenvalue weighted by Crippen LogP contribution is 2.32. The van der Waals surface area contributed by atoms with Crippen molar-refractivity contribution in [2.24, 2.45) is 0 Å². The lowest BCUT2D eigenvalue weighted by Crippen LogP contribution is -2.39. The third-order valence-corrected chi connectivity index (χ3v) is 5.92. The number of hydrogen-bond acceptors (Lipinski definition) is 4. The van der Waals surface area contributed by atoms with E-state index >= 15 is 0 Å². The van der Waals surface area contributed by atoms with Crippen LogP contribution in [0.4, 0.5) is 0 Å². The molecule has 0 unspecified atom stereocenters. The van der Waals surface area contributed by atoms with E-state index in [1.807, 2.05) is 24.3 Å². The molecule has 0 bridgehead atoms. The Bertz CT molecular complexity index is 1120. The van der Waals surface area contributed by atoms with Crippen LogP contribution in [0.5, 0.6) is 5.75 Å². The second-order valence-corrected chi connectivity index (χ2v) is 8.52. The highest BCUT2D eigenvalue weighted by Gasteiger charge is 2.24. The van der Waals surface area contributed by atoms with Crippen molar-refractivity contribution in [3.8, 4) is 5.75 Å². The predicted octanol–water partition coefficient (Wildman–Crippen LogP) is 4.37. The van der Waals surface area contributed by atoms with E-state index in [-0.39, 0.29) is 18.3 Å². The summed E-state index contributed by atoms with van der Waals surface area (Å²) in [5, 5.41) is 30.2. The fourth-order valence-electron chi connectivity index (χ4n) is 4.07. The molecule has 4 rings (SSSR count). The first-order chi connectivity index (χ1) is 15.5. The number of benzene rings is 2. The number of H-pyrrole nitrogens is 1. The third kappa shape index (κ3) is 5.21. The maximum atomic E-state index is 13.0. The minimum absolute atomic E-state index is 0.181. The number of phenols is 1. The van der Waals surface area contributed by atoms with E-state index in [1.54, 1.807) is 24.3 Å². The van der Waals surface area contributed by atoms with E-state index in [1.165, 1.54) is 0 Å². The number of nitrogens with one attached hydrogen (secondary N) is 2. The van der Waals surface area contributed by atoms with Gasteiger partial charge in [-0.05, 0) is 79.1 Å². The minimum atomic E-state index is -0.446. The Morgan fingerprint density at radius 2 is 1.97 bits per heavy atom. The topological polar surface area (TPSA) is 98.2 Å². The van der Waals surface area contributed by atoms with Crippen LogP contribution in [0.15, 0.2) is 48.5 Å². The van der Waals surface area contributed by atoms with Gasteiger partial charge in [0.15, 0.2) is 0 Å². The largest absolute Gasteiger partial charge is 0.508 e. The molecule has 4 N–H and O–H groups in total. The molecular formula is C25H26ClN3O3. The molecule has 1 amide bonds. The Labute approximate surface area is 191 Å². The highest BCUT2D eigenvalue weighted by molar-refractivity contribution is 6.30. The third-order valence-electron chi connectivity index (χ3n) is 5.68. The SMILES string of the molecule is O=C(N[C@H](CO)Cc1ccc(O)cc1)c1[nH]nc2c1CCCCC2=Cc1cccc(Cl)c1. The number of aromatic hydroxyl groups is 1. The normalized spacial score (nSPS) is 15.8. The van der Waals surface area contributed by atoms with Crippen LogP contribution >= 0.6 is 11.6 Å². The Morgan fingerprint density at radius 3 is 2.72 bits per heavy atom. The van der Waals surface area contributed by atoms with Crippen LogP contribution < -0.4 is 5.32 Å². The predicted molar refractivity (Wildman–Crippen MR) is 126 cm³/mol. The fraction of sp³-hybridized carbons (Fsp3) is 0.280. The lowest BCUT2D eigenvalue weighted by molar-refractivity contribution is 0.0910. The number of rotatable bonds is 6. The van der Waals surface area contributed by atoms with Crippen LogP contribution in [-0.4, -0.2) is 39.0 Å². The molecule has 32 heavy (non-hydrogen) atoms. The number of amides is 1. The number of allylic oxidation sites excluding steroid dienone is 1. The van der Waals surface area contributed by atoms with Crippen LogP contribution in [-0.2, 0) is 12.8 Å². The van der Waals surface area contributed by atoms with Crippen LogP contribution in [0.1, 0.15) is 52.1 Å². The summed E-state index contributed by atoms with van der Waals surface area (Å²) in [5.74, 6) is -0.0966. The van der Waals surface area contributed by atoms with Gasteiger partial charge >= 0.3 is 0 Å². The summed E-state index contributed by atoms with van der Waals surface area (Å²) in [5.41, 5.74) is 5.18. The van der Waals surface area contributed by atoms with E-state index in [0.29, 0.717) is 17.1 Å². The van der Waals surface area contributed by atoms with E-state index in [9.17, 15) is 15.0 Å². The number of hydrogen-bond donors (Lipinski definition) is 4. The van der Waals surface area contributed by atoms with Gasteiger partial charge in [-0.1, -0.05) is 35.9 Å². The Balaban J connectivity index is 1.55. The number of nitrogens with zero attached hydrogens (tertiary/aromatic N) is 1. The van der Waals surface area contributed by atoms with Gasteiger partial charge in [0, 0.05) is 10.6 Å². The quantitative estimate of drug-likeness (QED) is 0.418. The molecule has 2 aromatic carbocycles. The van der Waals surface area contributed by atoms with Gasteiger partial charge < -0.3 is 15.5 Å². The number of phenolic OH excluding ortho intramolecular Hbond substituents is 1. The maximum Gasteiger partial charge on any atom is 0.269 e. The molecule has 0 aliphatic heterocycles. The Kier molecular flexibility index (Phi) is 6.93. The molecule has 1 aliphatic rings. The van der Waals surface area contributed by atoms with E-state index in [0.717, 1.165) is 53.6 Å². The molecule has 0 radical (unpaired) electrons. The summed E-state index contributed by atoms with van der Waals surface area (Å²) < 4.78 is 0. The van der Waals surface area contributed by atoms with Crippen molar-refractivity contribution < 1.29 is 15.0 Å². The second kappa shape index (κ2) is 10.0. The summed E-state index contributed by atoms with van der Waals surface area (Å²) >= 11 is 6.13. The molecule has 3 aromatic rings. The van der Waals surface area contributed by atoms with E-state index < -0.39 is 6.04 Å². The molecule has 0 saturated heterocycles. The molecule has 1 aromatic heterocycles. The molecule has 0 spiro atoms. The highest BCUT2D eigenvalue weighted by atomic mass is 35.5. The van der Waals surface area contributed by atoms with Gasteiger partial charge in [-0.2, -0.15) is 5.10 Å². The molecule has 1 atom stereocenters. The van der Waals surface area contributed by atoms with Gasteiger partial charge in [0.1, 0.15) is 11.4 Å². The number of aliphatic hydroxyl groups is 1. The molecular weight excluding hydrogens is 426 g/mol. The number of halogens is 1. The van der Waals surface area contributed by atoms with Crippen molar-refractivity contribution in [3.05, 3.63) is 81.6 Å². The van der Waals surface area contributed by atoms with Gasteiger partial charge in [-0.25, -0.2) is 0 Å². The van der Waals surface area contributed by atoms with Gasteiger partial charge in [0.2, 0.25) is 0 Å². The lowest BCUT2D eigenvalue weighted by atomic mass is 10.0. The van der Waals surface area contributed by atoms with Crippen molar-refractivity contribution in [1.29, 1.82) is 0 Å². The zero-order valence-corrected chi connectivity index (χ0v) is 18.4. The van der Waals surface area contributed by atoms with Crippen molar-refractivity contribution >= 4 is 29.2 Å². The Morgan fingerprint density at radius 1 is 1.19 bits per heavy atom. The van der Waals surface area contributed by atoms with Crippen LogP contribution in [0.3, 0.4) is 0 Å². The molecule has 7 heteroatoms. The van der Waals surface area contributed by atoms with Crippen molar-refractivity contribution in [3.63, 3.8) is 0 Å². The second-order valence-electron chi connectivity index (χ2n) is 8.08. The molecule has 1 aliphatic carbocycles. The van der Waals surface area contributed by atoms with Gasteiger partial charge in [-0.15, -0.1) is 0 Å². The zero-order chi connectivity index (χ0) is 22.5. The lowest BCUT2D eigenvalue weighted by Gasteiger charge is -2.16. The first-order valence-electron chi connectivity index (χ1n) is 10.8. The average Bonchev–Trinajstić information content (AvgIpc) is 3.11. The van der Waals surface area contributed by atoms with Gasteiger partial charge in [0.05, 0.1) is 18.3 Å². The van der Waals surface area contributed by atoms with Crippen LogP contribution in [0.25, 0.3) is 11.6 Å². The molecule has 0 saturated carbocycles. The van der Waals surface area contributed by atoms with E-state index in [2.05, 4.69) is 21.6 Å². The minimum Gasteiger partial charge on any atom is -0.508 e. The number of aliphatic hydroxyl groups excluding tert-OH is 1. The van der Waals surface area contributed by atoms with Crippen molar-refractivity contribution in [1.82, 2.24) is 15.5 Å². The van der Waals surface area contributed by atoms with Crippen LogP contribution in [0.2, 0.25) is 5.02 Å². The Hall–Kier alpha value is -3.09. The molecule has 166 valence electrons. The first-order valence-corrected chi connectivity index (χ1v) is 11.1. The van der Waals surface area contributed by atoms with Gasteiger partial charge in [0.25, 0.3) is 5.91 Å². The van der Waals surface area contributed by atoms with Crippen molar-refractivity contribution in [2.75, 3.05) is 6.61 Å². The molecule has 1 heterocycles. The summed E-state index contributed by atoms with van der Waals surface area (Å²) in [6.07, 6.45) is 6.17.